The smallest absolute Gasteiger partial charge is 0.259 e. The van der Waals surface area contributed by atoms with Gasteiger partial charge in [-0.05, 0) is 24.3 Å². The van der Waals surface area contributed by atoms with E-state index in [0.29, 0.717) is 11.3 Å². The average Bonchev–Trinajstić information content (AvgIpc) is 2.48. The van der Waals surface area contributed by atoms with Gasteiger partial charge in [-0.3, -0.25) is 9.78 Å². The maximum absolute atomic E-state index is 13.0. The first-order valence-electron chi connectivity index (χ1n) is 5.78. The first kappa shape index (κ1) is 13.5. The van der Waals surface area contributed by atoms with Crippen molar-refractivity contribution in [2.24, 2.45) is 0 Å². The number of nitriles is 1. The lowest BCUT2D eigenvalue weighted by Gasteiger charge is -2.10. The summed E-state index contributed by atoms with van der Waals surface area (Å²) in [6, 6.07) is 7.09. The molecule has 0 fully saturated rings. The second kappa shape index (κ2) is 5.80. The fourth-order valence-corrected chi connectivity index (χ4v) is 1.70. The molecule has 0 aliphatic heterocycles. The van der Waals surface area contributed by atoms with Crippen molar-refractivity contribution in [3.8, 4) is 6.07 Å². The van der Waals surface area contributed by atoms with Crippen LogP contribution in [0.1, 0.15) is 15.9 Å². The van der Waals surface area contributed by atoms with Gasteiger partial charge < -0.3 is 10.6 Å². The third kappa shape index (κ3) is 2.72. The molecule has 0 saturated heterocycles. The van der Waals surface area contributed by atoms with Crippen molar-refractivity contribution in [2.45, 2.75) is 0 Å². The summed E-state index contributed by atoms with van der Waals surface area (Å²) in [6.45, 7) is 0. The van der Waals surface area contributed by atoms with Crippen LogP contribution in [-0.2, 0) is 0 Å². The van der Waals surface area contributed by atoms with Gasteiger partial charge in [0.2, 0.25) is 0 Å². The lowest BCUT2D eigenvalue weighted by atomic mass is 10.1. The van der Waals surface area contributed by atoms with Crippen molar-refractivity contribution in [3.63, 3.8) is 0 Å². The van der Waals surface area contributed by atoms with E-state index in [1.807, 2.05) is 6.07 Å². The van der Waals surface area contributed by atoms with E-state index in [0.717, 1.165) is 6.07 Å². The zero-order valence-electron chi connectivity index (χ0n) is 10.6. The lowest BCUT2D eigenvalue weighted by Crippen LogP contribution is -2.15. The number of nitrogens with one attached hydrogen (secondary N) is 2. The Morgan fingerprint density at radius 2 is 2.15 bits per heavy atom. The first-order chi connectivity index (χ1) is 9.65. The molecule has 100 valence electrons. The molecule has 0 saturated carbocycles. The normalized spacial score (nSPS) is 9.65. The van der Waals surface area contributed by atoms with Crippen LogP contribution in [0.2, 0.25) is 0 Å². The van der Waals surface area contributed by atoms with Crippen molar-refractivity contribution < 1.29 is 9.18 Å². The van der Waals surface area contributed by atoms with Gasteiger partial charge in [0.05, 0.1) is 16.8 Å². The molecule has 5 nitrogen and oxygen atoms in total. The number of hydrogen-bond donors (Lipinski definition) is 2. The summed E-state index contributed by atoms with van der Waals surface area (Å²) >= 11 is 0. The monoisotopic (exact) mass is 270 g/mol. The van der Waals surface area contributed by atoms with E-state index in [-0.39, 0.29) is 11.3 Å². The summed E-state index contributed by atoms with van der Waals surface area (Å²) in [5, 5.41) is 14.4. The molecule has 0 atom stereocenters. The molecule has 1 heterocycles. The molecule has 1 aromatic carbocycles. The molecule has 2 aromatic rings. The standard InChI is InChI=1S/C14H11FN4O/c1-17-13-4-5-18-8-11(13)14(20)19-12-3-2-10(15)6-9(12)7-16/h2-6,8H,1H3,(H,17,18)(H,19,20). The summed E-state index contributed by atoms with van der Waals surface area (Å²) in [5.41, 5.74) is 1.26. The zero-order valence-corrected chi connectivity index (χ0v) is 10.6. The number of benzene rings is 1. The molecule has 0 spiro atoms. The van der Waals surface area contributed by atoms with Crippen LogP contribution in [-0.4, -0.2) is 17.9 Å². The van der Waals surface area contributed by atoms with Gasteiger partial charge in [-0.25, -0.2) is 4.39 Å². The van der Waals surface area contributed by atoms with Crippen LogP contribution in [0, 0.1) is 17.1 Å². The van der Waals surface area contributed by atoms with Crippen LogP contribution in [0.5, 0.6) is 0 Å². The van der Waals surface area contributed by atoms with Gasteiger partial charge in [0.1, 0.15) is 11.9 Å². The van der Waals surface area contributed by atoms with E-state index in [2.05, 4.69) is 15.6 Å². The summed E-state index contributed by atoms with van der Waals surface area (Å²) in [5.74, 6) is -0.956. The molecular weight excluding hydrogens is 259 g/mol. The Morgan fingerprint density at radius 3 is 2.85 bits per heavy atom. The Labute approximate surface area is 115 Å². The largest absolute Gasteiger partial charge is 0.387 e. The van der Waals surface area contributed by atoms with Gasteiger partial charge in [0.15, 0.2) is 0 Å². The summed E-state index contributed by atoms with van der Waals surface area (Å²) < 4.78 is 13.0. The van der Waals surface area contributed by atoms with Crippen LogP contribution < -0.4 is 10.6 Å². The predicted molar refractivity (Wildman–Crippen MR) is 72.9 cm³/mol. The second-order valence-corrected chi connectivity index (χ2v) is 3.93. The number of nitrogens with zero attached hydrogens (tertiary/aromatic N) is 2. The van der Waals surface area contributed by atoms with E-state index in [4.69, 9.17) is 5.26 Å². The van der Waals surface area contributed by atoms with Crippen LogP contribution in [0.15, 0.2) is 36.7 Å². The van der Waals surface area contributed by atoms with Gasteiger partial charge in [-0.2, -0.15) is 5.26 Å². The Bertz CT molecular complexity index is 694. The number of aromatic nitrogens is 1. The molecular formula is C14H11FN4O. The van der Waals surface area contributed by atoms with E-state index >= 15 is 0 Å². The fourth-order valence-electron chi connectivity index (χ4n) is 1.70. The quantitative estimate of drug-likeness (QED) is 0.897. The summed E-state index contributed by atoms with van der Waals surface area (Å²) in [4.78, 5) is 16.0. The Kier molecular flexibility index (Phi) is 3.91. The molecule has 20 heavy (non-hydrogen) atoms. The van der Waals surface area contributed by atoms with Crippen molar-refractivity contribution in [2.75, 3.05) is 17.7 Å². The molecule has 6 heteroatoms. The number of amides is 1. The number of halogens is 1. The molecule has 1 aromatic heterocycles. The number of rotatable bonds is 3. The fraction of sp³-hybridized carbons (Fsp3) is 0.0714. The Hall–Kier alpha value is -2.94. The van der Waals surface area contributed by atoms with Crippen molar-refractivity contribution in [1.29, 1.82) is 5.26 Å². The molecule has 2 N–H and O–H groups in total. The topological polar surface area (TPSA) is 77.8 Å². The second-order valence-electron chi connectivity index (χ2n) is 3.93. The predicted octanol–water partition coefficient (Wildman–Crippen LogP) is 2.39. The average molecular weight is 270 g/mol. The van der Waals surface area contributed by atoms with E-state index in [1.54, 1.807) is 19.3 Å². The highest BCUT2D eigenvalue weighted by Gasteiger charge is 2.13. The highest BCUT2D eigenvalue weighted by atomic mass is 19.1. The summed E-state index contributed by atoms with van der Waals surface area (Å²) in [6.07, 6.45) is 2.97. The van der Waals surface area contributed by atoms with Gasteiger partial charge in [0.25, 0.3) is 5.91 Å². The minimum absolute atomic E-state index is 0.0632. The van der Waals surface area contributed by atoms with E-state index < -0.39 is 11.7 Å². The van der Waals surface area contributed by atoms with E-state index in [1.165, 1.54) is 18.3 Å². The molecule has 0 radical (unpaired) electrons. The maximum Gasteiger partial charge on any atom is 0.259 e. The molecule has 0 aliphatic carbocycles. The number of pyridine rings is 1. The van der Waals surface area contributed by atoms with Crippen molar-refractivity contribution >= 4 is 17.3 Å². The van der Waals surface area contributed by atoms with Crippen LogP contribution >= 0.6 is 0 Å². The van der Waals surface area contributed by atoms with Gasteiger partial charge in [0, 0.05) is 25.1 Å². The van der Waals surface area contributed by atoms with Crippen molar-refractivity contribution in [1.82, 2.24) is 4.98 Å². The number of carbonyl (C=O) groups excluding carboxylic acids is 1. The molecule has 2 rings (SSSR count). The Morgan fingerprint density at radius 1 is 1.35 bits per heavy atom. The highest BCUT2D eigenvalue weighted by molar-refractivity contribution is 6.08. The van der Waals surface area contributed by atoms with Crippen LogP contribution in [0.4, 0.5) is 15.8 Å². The lowest BCUT2D eigenvalue weighted by molar-refractivity contribution is 0.102. The first-order valence-corrected chi connectivity index (χ1v) is 5.78. The minimum atomic E-state index is -0.531. The zero-order chi connectivity index (χ0) is 14.5. The van der Waals surface area contributed by atoms with E-state index in [9.17, 15) is 9.18 Å². The number of hydrogen-bond acceptors (Lipinski definition) is 4. The number of anilines is 2. The Balaban J connectivity index is 2.31. The van der Waals surface area contributed by atoms with Gasteiger partial charge in [-0.15, -0.1) is 0 Å². The third-order valence-electron chi connectivity index (χ3n) is 2.69. The van der Waals surface area contributed by atoms with Gasteiger partial charge >= 0.3 is 0 Å². The van der Waals surface area contributed by atoms with Crippen LogP contribution in [0.25, 0.3) is 0 Å². The molecule has 0 unspecified atom stereocenters. The molecule has 0 aliphatic rings. The van der Waals surface area contributed by atoms with Gasteiger partial charge in [-0.1, -0.05) is 0 Å². The molecule has 0 bridgehead atoms. The molecule has 1 amide bonds. The minimum Gasteiger partial charge on any atom is -0.387 e. The third-order valence-corrected chi connectivity index (χ3v) is 2.69. The van der Waals surface area contributed by atoms with Crippen molar-refractivity contribution in [3.05, 3.63) is 53.6 Å². The van der Waals surface area contributed by atoms with Crippen LogP contribution in [0.3, 0.4) is 0 Å². The summed E-state index contributed by atoms with van der Waals surface area (Å²) in [7, 11) is 1.69. The highest BCUT2D eigenvalue weighted by Crippen LogP contribution is 2.19. The maximum atomic E-state index is 13.0. The number of carbonyl (C=O) groups is 1. The SMILES string of the molecule is CNc1ccncc1C(=O)Nc1ccc(F)cc1C#N.